The molecule has 0 unspecified atom stereocenters. The van der Waals surface area contributed by atoms with Crippen molar-refractivity contribution in [2.24, 2.45) is 0 Å². The van der Waals surface area contributed by atoms with Gasteiger partial charge in [0.15, 0.2) is 0 Å². The molecule has 1 amide bonds. The highest BCUT2D eigenvalue weighted by Gasteiger charge is 2.23. The van der Waals surface area contributed by atoms with E-state index in [0.717, 1.165) is 11.3 Å². The molecule has 4 nitrogen and oxygen atoms in total. The van der Waals surface area contributed by atoms with Gasteiger partial charge in [-0.1, -0.05) is 18.2 Å². The van der Waals surface area contributed by atoms with Crippen molar-refractivity contribution in [1.29, 1.82) is 0 Å². The van der Waals surface area contributed by atoms with Crippen LogP contribution in [0.2, 0.25) is 0 Å². The van der Waals surface area contributed by atoms with Crippen molar-refractivity contribution in [3.8, 4) is 11.5 Å². The van der Waals surface area contributed by atoms with Crippen LogP contribution in [-0.2, 0) is 0 Å². The average Bonchev–Trinajstić information content (AvgIpc) is 2.99. The van der Waals surface area contributed by atoms with Crippen molar-refractivity contribution >= 4 is 5.91 Å². The molecule has 0 aromatic heterocycles. The van der Waals surface area contributed by atoms with E-state index < -0.39 is 6.17 Å². The van der Waals surface area contributed by atoms with E-state index in [9.17, 15) is 9.18 Å². The first-order chi connectivity index (χ1) is 11.6. The van der Waals surface area contributed by atoms with Gasteiger partial charge in [-0.3, -0.25) is 4.79 Å². The predicted molar refractivity (Wildman–Crippen MR) is 91.3 cm³/mol. The van der Waals surface area contributed by atoms with E-state index in [-0.39, 0.29) is 11.9 Å². The Bertz CT molecular complexity index is 706. The lowest BCUT2D eigenvalue weighted by Crippen LogP contribution is -2.37. The van der Waals surface area contributed by atoms with Gasteiger partial charge in [-0.25, -0.2) is 4.39 Å². The fourth-order valence-electron chi connectivity index (χ4n) is 2.82. The third-order valence-electron chi connectivity index (χ3n) is 4.10. The van der Waals surface area contributed by atoms with Gasteiger partial charge in [0.2, 0.25) is 0 Å². The molecule has 2 N–H and O–H groups in total. The number of amides is 1. The molecular weight excluding hydrogens is 307 g/mol. The van der Waals surface area contributed by atoms with Crippen LogP contribution in [0.1, 0.15) is 22.3 Å². The highest BCUT2D eigenvalue weighted by atomic mass is 19.1. The first-order valence-corrected chi connectivity index (χ1v) is 8.11. The minimum atomic E-state index is -0.817. The zero-order valence-electron chi connectivity index (χ0n) is 13.6. The summed E-state index contributed by atoms with van der Waals surface area (Å²) in [6.07, 6.45) is -0.369. The number of halogens is 1. The molecule has 24 heavy (non-hydrogen) atoms. The highest BCUT2D eigenvalue weighted by Crippen LogP contribution is 2.23. The summed E-state index contributed by atoms with van der Waals surface area (Å²) in [5.41, 5.74) is 1.44. The molecule has 3 rings (SSSR count). The number of para-hydroxylation sites is 1. The molecule has 0 radical (unpaired) electrons. The number of nitrogens with one attached hydrogen (secondary N) is 2. The molecular formula is C19H21FN2O2. The van der Waals surface area contributed by atoms with Crippen LogP contribution in [0.15, 0.2) is 48.5 Å². The molecule has 5 heteroatoms. The molecule has 0 spiro atoms. The third-order valence-corrected chi connectivity index (χ3v) is 4.10. The molecule has 1 fully saturated rings. The van der Waals surface area contributed by atoms with Crippen LogP contribution >= 0.6 is 0 Å². The highest BCUT2D eigenvalue weighted by molar-refractivity contribution is 5.95. The maximum absolute atomic E-state index is 13.1. The van der Waals surface area contributed by atoms with Gasteiger partial charge in [0.25, 0.3) is 5.91 Å². The van der Waals surface area contributed by atoms with Gasteiger partial charge in [-0.2, -0.15) is 0 Å². The SMILES string of the molecule is Cc1cc(Oc2ccccc2)ccc1C(=O)NC[C@@H]1C[C@H](F)CN1. The van der Waals surface area contributed by atoms with Crippen LogP contribution in [0.4, 0.5) is 4.39 Å². The van der Waals surface area contributed by atoms with Gasteiger partial charge < -0.3 is 15.4 Å². The quantitative estimate of drug-likeness (QED) is 0.886. The Labute approximate surface area is 141 Å². The normalized spacial score (nSPS) is 19.9. The van der Waals surface area contributed by atoms with Gasteiger partial charge in [0.05, 0.1) is 0 Å². The van der Waals surface area contributed by atoms with E-state index >= 15 is 0 Å². The number of rotatable bonds is 5. The van der Waals surface area contributed by atoms with E-state index in [4.69, 9.17) is 4.74 Å². The Morgan fingerprint density at radius 3 is 2.71 bits per heavy atom. The summed E-state index contributed by atoms with van der Waals surface area (Å²) >= 11 is 0. The van der Waals surface area contributed by atoms with Crippen molar-refractivity contribution in [3.63, 3.8) is 0 Å². The molecule has 126 valence electrons. The summed E-state index contributed by atoms with van der Waals surface area (Å²) in [5, 5.41) is 5.92. The molecule has 1 aliphatic rings. The van der Waals surface area contributed by atoms with Crippen LogP contribution in [0.25, 0.3) is 0 Å². The molecule has 2 aromatic rings. The van der Waals surface area contributed by atoms with Crippen LogP contribution in [0, 0.1) is 6.92 Å². The smallest absolute Gasteiger partial charge is 0.251 e. The van der Waals surface area contributed by atoms with E-state index in [1.54, 1.807) is 12.1 Å². The Morgan fingerprint density at radius 1 is 1.25 bits per heavy atom. The Morgan fingerprint density at radius 2 is 2.04 bits per heavy atom. The first kappa shape index (κ1) is 16.5. The van der Waals surface area contributed by atoms with Gasteiger partial charge in [-0.05, 0) is 49.2 Å². The summed E-state index contributed by atoms with van der Waals surface area (Å²) in [6.45, 7) is 2.67. The minimum absolute atomic E-state index is 0.00458. The molecule has 0 saturated carbocycles. The standard InChI is InChI=1S/C19H21FN2O2/c1-13-9-17(24-16-5-3-2-4-6-16)7-8-18(13)19(23)22-12-15-10-14(20)11-21-15/h2-9,14-15,21H,10-12H2,1H3,(H,22,23)/t14-,15-/m0/s1. The average molecular weight is 328 g/mol. The van der Waals surface area contributed by atoms with E-state index in [2.05, 4.69) is 10.6 Å². The second kappa shape index (κ2) is 7.45. The summed E-state index contributed by atoms with van der Waals surface area (Å²) in [7, 11) is 0. The van der Waals surface area contributed by atoms with Crippen molar-refractivity contribution in [2.75, 3.05) is 13.1 Å². The number of carbonyl (C=O) groups excluding carboxylic acids is 1. The van der Waals surface area contributed by atoms with Crippen molar-refractivity contribution in [2.45, 2.75) is 25.6 Å². The number of ether oxygens (including phenoxy) is 1. The van der Waals surface area contributed by atoms with E-state index in [0.29, 0.717) is 30.8 Å². The number of alkyl halides is 1. The lowest BCUT2D eigenvalue weighted by Gasteiger charge is -2.13. The number of hydrogen-bond donors (Lipinski definition) is 2. The summed E-state index contributed by atoms with van der Waals surface area (Å²) in [6, 6.07) is 14.9. The van der Waals surface area contributed by atoms with Gasteiger partial charge in [-0.15, -0.1) is 0 Å². The molecule has 0 bridgehead atoms. The van der Waals surface area contributed by atoms with Crippen LogP contribution in [0.3, 0.4) is 0 Å². The zero-order valence-corrected chi connectivity index (χ0v) is 13.6. The maximum Gasteiger partial charge on any atom is 0.251 e. The Balaban J connectivity index is 1.60. The Kier molecular flexibility index (Phi) is 5.11. The second-order valence-corrected chi connectivity index (χ2v) is 6.04. The maximum atomic E-state index is 13.1. The van der Waals surface area contributed by atoms with Crippen LogP contribution in [-0.4, -0.2) is 31.2 Å². The Hall–Kier alpha value is -2.40. The molecule has 1 aliphatic heterocycles. The van der Waals surface area contributed by atoms with Gasteiger partial charge in [0.1, 0.15) is 17.7 Å². The first-order valence-electron chi connectivity index (χ1n) is 8.11. The second-order valence-electron chi connectivity index (χ2n) is 6.04. The molecule has 2 aromatic carbocycles. The van der Waals surface area contributed by atoms with Gasteiger partial charge in [0, 0.05) is 24.7 Å². The number of benzene rings is 2. The van der Waals surface area contributed by atoms with Crippen LogP contribution < -0.4 is 15.4 Å². The fraction of sp³-hybridized carbons (Fsp3) is 0.316. The largest absolute Gasteiger partial charge is 0.457 e. The lowest BCUT2D eigenvalue weighted by molar-refractivity contribution is 0.0949. The third kappa shape index (κ3) is 4.11. The summed E-state index contributed by atoms with van der Waals surface area (Å²) < 4.78 is 18.9. The van der Waals surface area contributed by atoms with Gasteiger partial charge >= 0.3 is 0 Å². The fourth-order valence-corrected chi connectivity index (χ4v) is 2.82. The molecule has 0 aliphatic carbocycles. The monoisotopic (exact) mass is 328 g/mol. The number of carbonyl (C=O) groups is 1. The lowest BCUT2D eigenvalue weighted by atomic mass is 10.1. The number of hydrogen-bond acceptors (Lipinski definition) is 3. The zero-order chi connectivity index (χ0) is 16.9. The van der Waals surface area contributed by atoms with Crippen molar-refractivity contribution in [3.05, 3.63) is 59.7 Å². The number of aryl methyl sites for hydroxylation is 1. The van der Waals surface area contributed by atoms with Crippen LogP contribution in [0.5, 0.6) is 11.5 Å². The van der Waals surface area contributed by atoms with E-state index in [1.165, 1.54) is 0 Å². The molecule has 1 saturated heterocycles. The van der Waals surface area contributed by atoms with Crippen molar-refractivity contribution in [1.82, 2.24) is 10.6 Å². The minimum Gasteiger partial charge on any atom is -0.457 e. The molecule has 2 atom stereocenters. The predicted octanol–water partition coefficient (Wildman–Crippen LogP) is 3.22. The topological polar surface area (TPSA) is 50.4 Å². The van der Waals surface area contributed by atoms with Crippen molar-refractivity contribution < 1.29 is 13.9 Å². The van der Waals surface area contributed by atoms with E-state index in [1.807, 2.05) is 43.3 Å². The molecule has 1 heterocycles. The summed E-state index contributed by atoms with van der Waals surface area (Å²) in [4.78, 5) is 12.3. The summed E-state index contributed by atoms with van der Waals surface area (Å²) in [5.74, 6) is 1.29.